The molecule has 2 aliphatic rings. The monoisotopic (exact) mass is 288 g/mol. The molecule has 19 heavy (non-hydrogen) atoms. The van der Waals surface area contributed by atoms with Gasteiger partial charge in [-0.1, -0.05) is 19.3 Å². The number of rotatable bonds is 4. The molecule has 0 aromatic heterocycles. The number of likely N-dealkylation sites (tertiary alicyclic amines) is 1. The second kappa shape index (κ2) is 6.91. The molecular formula is C14H25ClN2O2. The summed E-state index contributed by atoms with van der Waals surface area (Å²) in [6.45, 7) is 1.51. The van der Waals surface area contributed by atoms with Gasteiger partial charge in [0.2, 0.25) is 0 Å². The number of nitrogens with zero attached hydrogens (tertiary/aromatic N) is 2. The maximum absolute atomic E-state index is 12.5. The van der Waals surface area contributed by atoms with Crippen molar-refractivity contribution in [2.75, 3.05) is 27.2 Å². The lowest BCUT2D eigenvalue weighted by Gasteiger charge is -2.30. The molecule has 0 unspecified atom stereocenters. The molecule has 0 aromatic carbocycles. The van der Waals surface area contributed by atoms with E-state index < -0.39 is 0 Å². The lowest BCUT2D eigenvalue weighted by atomic mass is 9.89. The van der Waals surface area contributed by atoms with Gasteiger partial charge in [0.1, 0.15) is 0 Å². The van der Waals surface area contributed by atoms with Crippen molar-refractivity contribution in [2.45, 2.75) is 49.9 Å². The van der Waals surface area contributed by atoms with Gasteiger partial charge in [-0.3, -0.25) is 14.5 Å². The Kier molecular flexibility index (Phi) is 5.48. The van der Waals surface area contributed by atoms with Gasteiger partial charge in [0.05, 0.1) is 19.7 Å². The van der Waals surface area contributed by atoms with Crippen molar-refractivity contribution in [3.63, 3.8) is 0 Å². The summed E-state index contributed by atoms with van der Waals surface area (Å²) in [4.78, 5) is 19.9. The van der Waals surface area contributed by atoms with E-state index >= 15 is 0 Å². The number of halogens is 1. The zero-order valence-electron chi connectivity index (χ0n) is 12.0. The standard InChI is InChI=1S/C14H25ClN2O2/c1-16-10-12(15)8-13(16)14(18)17(19-2)9-11-6-4-3-5-7-11/h11-13H,3-10H2,1-2H3/t12-,13-/m0/s1. The van der Waals surface area contributed by atoms with Gasteiger partial charge in [0.25, 0.3) is 5.91 Å². The van der Waals surface area contributed by atoms with Crippen LogP contribution in [0, 0.1) is 5.92 Å². The highest BCUT2D eigenvalue weighted by Crippen LogP contribution is 2.26. The number of likely N-dealkylation sites (N-methyl/N-ethyl adjacent to an activating group) is 1. The molecule has 1 amide bonds. The zero-order chi connectivity index (χ0) is 13.8. The van der Waals surface area contributed by atoms with Crippen molar-refractivity contribution in [1.29, 1.82) is 0 Å². The SMILES string of the molecule is CON(CC1CCCCC1)C(=O)[C@@H]1C[C@H](Cl)CN1C. The number of hydrogen-bond donors (Lipinski definition) is 0. The van der Waals surface area contributed by atoms with Crippen LogP contribution < -0.4 is 0 Å². The number of hydroxylamine groups is 2. The first-order valence-corrected chi connectivity index (χ1v) is 7.75. The molecule has 1 heterocycles. The van der Waals surface area contributed by atoms with Gasteiger partial charge >= 0.3 is 0 Å². The molecule has 5 heteroatoms. The molecule has 0 bridgehead atoms. The van der Waals surface area contributed by atoms with E-state index in [0.29, 0.717) is 5.92 Å². The molecule has 1 saturated heterocycles. The third kappa shape index (κ3) is 3.83. The first kappa shape index (κ1) is 15.1. The maximum Gasteiger partial charge on any atom is 0.263 e. The number of carbonyl (C=O) groups is 1. The van der Waals surface area contributed by atoms with Crippen LogP contribution in [0.15, 0.2) is 0 Å². The van der Waals surface area contributed by atoms with Crippen LogP contribution in [0.4, 0.5) is 0 Å². The predicted octanol–water partition coefficient (Wildman–Crippen LogP) is 2.27. The lowest BCUT2D eigenvalue weighted by molar-refractivity contribution is -0.184. The molecular weight excluding hydrogens is 264 g/mol. The van der Waals surface area contributed by atoms with E-state index in [9.17, 15) is 4.79 Å². The van der Waals surface area contributed by atoms with Crippen LogP contribution in [0.25, 0.3) is 0 Å². The Bertz CT molecular complexity index is 308. The minimum atomic E-state index is -0.119. The Balaban J connectivity index is 1.90. The fourth-order valence-corrected chi connectivity index (χ4v) is 3.64. The molecule has 2 fully saturated rings. The van der Waals surface area contributed by atoms with Gasteiger partial charge in [-0.25, -0.2) is 5.06 Å². The van der Waals surface area contributed by atoms with E-state index in [-0.39, 0.29) is 17.3 Å². The highest BCUT2D eigenvalue weighted by molar-refractivity contribution is 6.21. The number of amides is 1. The van der Waals surface area contributed by atoms with Gasteiger partial charge in [-0.2, -0.15) is 0 Å². The van der Waals surface area contributed by atoms with E-state index in [1.54, 1.807) is 12.2 Å². The Labute approximate surface area is 121 Å². The zero-order valence-corrected chi connectivity index (χ0v) is 12.7. The van der Waals surface area contributed by atoms with Gasteiger partial charge in [-0.15, -0.1) is 11.6 Å². The van der Waals surface area contributed by atoms with Gasteiger partial charge < -0.3 is 0 Å². The Morgan fingerprint density at radius 1 is 1.37 bits per heavy atom. The molecule has 2 atom stereocenters. The van der Waals surface area contributed by atoms with Crippen LogP contribution >= 0.6 is 11.6 Å². The quantitative estimate of drug-likeness (QED) is 0.588. The van der Waals surface area contributed by atoms with E-state index in [1.807, 2.05) is 11.9 Å². The van der Waals surface area contributed by atoms with Crippen LogP contribution in [0.2, 0.25) is 0 Å². The smallest absolute Gasteiger partial charge is 0.263 e. The fraction of sp³-hybridized carbons (Fsp3) is 0.929. The summed E-state index contributed by atoms with van der Waals surface area (Å²) in [7, 11) is 3.55. The highest BCUT2D eigenvalue weighted by atomic mass is 35.5. The molecule has 0 radical (unpaired) electrons. The average Bonchev–Trinajstić information content (AvgIpc) is 2.75. The first-order chi connectivity index (χ1) is 9.11. The number of carbonyl (C=O) groups excluding carboxylic acids is 1. The third-order valence-corrected chi connectivity index (χ3v) is 4.71. The van der Waals surface area contributed by atoms with Gasteiger partial charge in [-0.05, 0) is 32.2 Å². The van der Waals surface area contributed by atoms with E-state index in [4.69, 9.17) is 16.4 Å². The molecule has 0 N–H and O–H groups in total. The van der Waals surface area contributed by atoms with Gasteiger partial charge in [0, 0.05) is 11.9 Å². The van der Waals surface area contributed by atoms with Crippen molar-refractivity contribution in [3.05, 3.63) is 0 Å². The largest absolute Gasteiger partial charge is 0.293 e. The topological polar surface area (TPSA) is 32.8 Å². The summed E-state index contributed by atoms with van der Waals surface area (Å²) in [6, 6.07) is -0.119. The van der Waals surface area contributed by atoms with Crippen LogP contribution in [0.1, 0.15) is 38.5 Å². The van der Waals surface area contributed by atoms with Crippen LogP contribution in [-0.2, 0) is 9.63 Å². The minimum absolute atomic E-state index is 0.0683. The predicted molar refractivity (Wildman–Crippen MR) is 76.0 cm³/mol. The van der Waals surface area contributed by atoms with Crippen LogP contribution in [0.5, 0.6) is 0 Å². The Morgan fingerprint density at radius 2 is 2.05 bits per heavy atom. The molecule has 4 nitrogen and oxygen atoms in total. The summed E-state index contributed by atoms with van der Waals surface area (Å²) in [6.07, 6.45) is 7.04. The van der Waals surface area contributed by atoms with Crippen molar-refractivity contribution < 1.29 is 9.63 Å². The molecule has 0 aromatic rings. The summed E-state index contributed by atoms with van der Waals surface area (Å²) in [5.74, 6) is 0.662. The van der Waals surface area contributed by atoms with Crippen molar-refractivity contribution in [1.82, 2.24) is 9.96 Å². The third-order valence-electron chi connectivity index (χ3n) is 4.40. The molecule has 110 valence electrons. The summed E-state index contributed by atoms with van der Waals surface area (Å²) >= 11 is 6.13. The van der Waals surface area contributed by atoms with Crippen molar-refractivity contribution in [3.8, 4) is 0 Å². The molecule has 1 saturated carbocycles. The van der Waals surface area contributed by atoms with E-state index in [1.165, 1.54) is 32.1 Å². The minimum Gasteiger partial charge on any atom is -0.293 e. The van der Waals surface area contributed by atoms with E-state index in [2.05, 4.69) is 0 Å². The Hall–Kier alpha value is -0.320. The van der Waals surface area contributed by atoms with E-state index in [0.717, 1.165) is 19.5 Å². The number of alkyl halides is 1. The molecule has 2 rings (SSSR count). The van der Waals surface area contributed by atoms with Crippen LogP contribution in [-0.4, -0.2) is 54.5 Å². The summed E-state index contributed by atoms with van der Waals surface area (Å²) in [5.41, 5.74) is 0. The fourth-order valence-electron chi connectivity index (χ4n) is 3.25. The van der Waals surface area contributed by atoms with Crippen molar-refractivity contribution >= 4 is 17.5 Å². The lowest BCUT2D eigenvalue weighted by Crippen LogP contribution is -2.45. The molecule has 1 aliphatic carbocycles. The molecule has 0 spiro atoms. The highest BCUT2D eigenvalue weighted by Gasteiger charge is 2.36. The normalized spacial score (nSPS) is 29.6. The second-order valence-electron chi connectivity index (χ2n) is 5.87. The first-order valence-electron chi connectivity index (χ1n) is 7.31. The second-order valence-corrected chi connectivity index (χ2v) is 6.49. The average molecular weight is 289 g/mol. The summed E-state index contributed by atoms with van der Waals surface area (Å²) < 4.78 is 0. The van der Waals surface area contributed by atoms with Crippen LogP contribution in [0.3, 0.4) is 0 Å². The Morgan fingerprint density at radius 3 is 2.58 bits per heavy atom. The molecule has 1 aliphatic heterocycles. The van der Waals surface area contributed by atoms with Gasteiger partial charge in [0.15, 0.2) is 0 Å². The summed E-state index contributed by atoms with van der Waals surface area (Å²) in [5, 5.41) is 1.64. The van der Waals surface area contributed by atoms with Crippen molar-refractivity contribution in [2.24, 2.45) is 5.92 Å². The number of hydrogen-bond acceptors (Lipinski definition) is 3. The maximum atomic E-state index is 12.5.